The van der Waals surface area contributed by atoms with Gasteiger partial charge in [0.1, 0.15) is 17.5 Å². The minimum Gasteiger partial charge on any atom is -0.385 e. The van der Waals surface area contributed by atoms with Crippen LogP contribution in [0.5, 0.6) is 0 Å². The van der Waals surface area contributed by atoms with Crippen molar-refractivity contribution in [2.75, 3.05) is 37.6 Å². The van der Waals surface area contributed by atoms with Crippen LogP contribution < -0.4 is 16.2 Å². The first-order valence-corrected chi connectivity index (χ1v) is 6.44. The van der Waals surface area contributed by atoms with E-state index in [1.807, 2.05) is 13.1 Å². The van der Waals surface area contributed by atoms with Crippen LogP contribution in [0.25, 0.3) is 0 Å². The first kappa shape index (κ1) is 15.7. The van der Waals surface area contributed by atoms with Crippen LogP contribution in [0, 0.1) is 0 Å². The van der Waals surface area contributed by atoms with E-state index in [-0.39, 0.29) is 5.41 Å². The zero-order valence-corrected chi connectivity index (χ0v) is 12.5. The maximum absolute atomic E-state index is 5.47. The van der Waals surface area contributed by atoms with Crippen molar-refractivity contribution in [3.8, 4) is 0 Å². The molecule has 1 aromatic heterocycles. The van der Waals surface area contributed by atoms with E-state index in [0.717, 1.165) is 31.2 Å². The molecule has 0 fully saturated rings. The molecule has 0 saturated carbocycles. The Balaban J connectivity index is 2.93. The summed E-state index contributed by atoms with van der Waals surface area (Å²) in [5, 5.41) is 0. The van der Waals surface area contributed by atoms with Gasteiger partial charge in [0.05, 0.1) is 0 Å². The number of rotatable bonds is 6. The monoisotopic (exact) mass is 267 g/mol. The Labute approximate surface area is 115 Å². The SMILES string of the molecule is COCCCN(C)c1cc(NN)nc(C(C)(C)C)n1. The zero-order chi connectivity index (χ0) is 14.5. The average Bonchev–Trinajstić information content (AvgIpc) is 2.37. The standard InChI is InChI=1S/C13H25N5O/c1-13(2,3)12-15-10(17-14)9-11(16-12)18(4)7-6-8-19-5/h9H,6-8,14H2,1-5H3,(H,15,16,17). The number of nitrogens with two attached hydrogens (primary N) is 1. The third-order valence-corrected chi connectivity index (χ3v) is 2.76. The van der Waals surface area contributed by atoms with Gasteiger partial charge >= 0.3 is 0 Å². The van der Waals surface area contributed by atoms with E-state index in [1.54, 1.807) is 7.11 Å². The molecule has 1 heterocycles. The van der Waals surface area contributed by atoms with Gasteiger partial charge in [-0.25, -0.2) is 15.8 Å². The van der Waals surface area contributed by atoms with Crippen molar-refractivity contribution in [3.05, 3.63) is 11.9 Å². The Morgan fingerprint density at radius 2 is 2.05 bits per heavy atom. The number of anilines is 2. The molecule has 0 bridgehead atoms. The molecule has 0 radical (unpaired) electrons. The molecule has 0 unspecified atom stereocenters. The quantitative estimate of drug-likeness (QED) is 0.462. The maximum Gasteiger partial charge on any atom is 0.145 e. The van der Waals surface area contributed by atoms with Crippen molar-refractivity contribution < 1.29 is 4.74 Å². The highest BCUT2D eigenvalue weighted by molar-refractivity contribution is 5.48. The van der Waals surface area contributed by atoms with E-state index in [1.165, 1.54) is 0 Å². The summed E-state index contributed by atoms with van der Waals surface area (Å²) in [6.45, 7) is 7.86. The van der Waals surface area contributed by atoms with Gasteiger partial charge in [0.2, 0.25) is 0 Å². The van der Waals surface area contributed by atoms with E-state index in [9.17, 15) is 0 Å². The number of aromatic nitrogens is 2. The molecule has 0 saturated heterocycles. The predicted molar refractivity (Wildman–Crippen MR) is 78.3 cm³/mol. The Hall–Kier alpha value is -1.40. The third-order valence-electron chi connectivity index (χ3n) is 2.76. The molecular weight excluding hydrogens is 242 g/mol. The average molecular weight is 267 g/mol. The molecule has 6 heteroatoms. The lowest BCUT2D eigenvalue weighted by Crippen LogP contribution is -2.25. The van der Waals surface area contributed by atoms with Crippen LogP contribution in [0.4, 0.5) is 11.6 Å². The molecule has 3 N–H and O–H groups in total. The zero-order valence-electron chi connectivity index (χ0n) is 12.5. The van der Waals surface area contributed by atoms with E-state index < -0.39 is 0 Å². The lowest BCUT2D eigenvalue weighted by molar-refractivity contribution is 0.196. The molecule has 0 aliphatic heterocycles. The van der Waals surface area contributed by atoms with Crippen LogP contribution in [0.1, 0.15) is 33.0 Å². The second kappa shape index (κ2) is 6.68. The highest BCUT2D eigenvalue weighted by Crippen LogP contribution is 2.23. The molecule has 0 aliphatic rings. The van der Waals surface area contributed by atoms with Gasteiger partial charge in [0, 0.05) is 38.8 Å². The van der Waals surface area contributed by atoms with Crippen LogP contribution in [-0.4, -0.2) is 37.3 Å². The van der Waals surface area contributed by atoms with E-state index in [2.05, 4.69) is 41.1 Å². The fourth-order valence-corrected chi connectivity index (χ4v) is 1.60. The molecule has 1 aromatic rings. The summed E-state index contributed by atoms with van der Waals surface area (Å²) in [6, 6.07) is 1.85. The fourth-order valence-electron chi connectivity index (χ4n) is 1.60. The summed E-state index contributed by atoms with van der Waals surface area (Å²) in [5.41, 5.74) is 2.48. The summed E-state index contributed by atoms with van der Waals surface area (Å²) in [4.78, 5) is 11.1. The Kier molecular flexibility index (Phi) is 5.50. The lowest BCUT2D eigenvalue weighted by Gasteiger charge is -2.23. The van der Waals surface area contributed by atoms with E-state index >= 15 is 0 Å². The summed E-state index contributed by atoms with van der Waals surface area (Å²) < 4.78 is 5.06. The number of nitrogens with one attached hydrogen (secondary N) is 1. The number of hydrogen-bond donors (Lipinski definition) is 2. The second-order valence-corrected chi connectivity index (χ2v) is 5.60. The van der Waals surface area contributed by atoms with Gasteiger partial charge in [-0.3, -0.25) is 0 Å². The summed E-state index contributed by atoms with van der Waals surface area (Å²) in [7, 11) is 3.71. The fraction of sp³-hybridized carbons (Fsp3) is 0.692. The van der Waals surface area contributed by atoms with Gasteiger partial charge in [-0.05, 0) is 6.42 Å². The normalized spacial score (nSPS) is 11.5. The molecule has 0 aromatic carbocycles. The molecule has 0 atom stereocenters. The van der Waals surface area contributed by atoms with Crippen LogP contribution >= 0.6 is 0 Å². The van der Waals surface area contributed by atoms with Gasteiger partial charge in [0.25, 0.3) is 0 Å². The number of ether oxygens (including phenoxy) is 1. The van der Waals surface area contributed by atoms with Crippen molar-refractivity contribution >= 4 is 11.6 Å². The highest BCUT2D eigenvalue weighted by atomic mass is 16.5. The largest absolute Gasteiger partial charge is 0.385 e. The van der Waals surface area contributed by atoms with Gasteiger partial charge in [-0.2, -0.15) is 0 Å². The van der Waals surface area contributed by atoms with E-state index in [4.69, 9.17) is 10.6 Å². The van der Waals surface area contributed by atoms with Crippen molar-refractivity contribution in [1.29, 1.82) is 0 Å². The van der Waals surface area contributed by atoms with Gasteiger partial charge in [0.15, 0.2) is 0 Å². The minimum atomic E-state index is -0.116. The molecule has 19 heavy (non-hydrogen) atoms. The van der Waals surface area contributed by atoms with Gasteiger partial charge in [-0.15, -0.1) is 0 Å². The lowest BCUT2D eigenvalue weighted by atomic mass is 9.96. The Bertz CT molecular complexity index is 403. The van der Waals surface area contributed by atoms with Crippen molar-refractivity contribution in [2.24, 2.45) is 5.84 Å². The van der Waals surface area contributed by atoms with Gasteiger partial charge < -0.3 is 15.1 Å². The summed E-state index contributed by atoms with van der Waals surface area (Å²) >= 11 is 0. The maximum atomic E-state index is 5.47. The number of hydrazine groups is 1. The van der Waals surface area contributed by atoms with Crippen LogP contribution in [0.15, 0.2) is 6.07 Å². The minimum absolute atomic E-state index is 0.116. The van der Waals surface area contributed by atoms with Gasteiger partial charge in [-0.1, -0.05) is 20.8 Å². The molecule has 0 amide bonds. The molecule has 0 spiro atoms. The number of nitrogen functional groups attached to an aromatic ring is 1. The third kappa shape index (κ3) is 4.65. The van der Waals surface area contributed by atoms with Crippen molar-refractivity contribution in [2.45, 2.75) is 32.6 Å². The number of nitrogens with zero attached hydrogens (tertiary/aromatic N) is 3. The second-order valence-electron chi connectivity index (χ2n) is 5.60. The summed E-state index contributed by atoms with van der Waals surface area (Å²) in [5.74, 6) is 7.75. The number of hydrogen-bond acceptors (Lipinski definition) is 6. The van der Waals surface area contributed by atoms with Crippen molar-refractivity contribution in [3.63, 3.8) is 0 Å². The first-order valence-electron chi connectivity index (χ1n) is 6.44. The van der Waals surface area contributed by atoms with E-state index in [0.29, 0.717) is 5.82 Å². The van der Waals surface area contributed by atoms with Crippen molar-refractivity contribution in [1.82, 2.24) is 9.97 Å². The topological polar surface area (TPSA) is 76.3 Å². The molecule has 0 aliphatic carbocycles. The van der Waals surface area contributed by atoms with Crippen LogP contribution in [0.3, 0.4) is 0 Å². The molecule has 6 nitrogen and oxygen atoms in total. The number of methoxy groups -OCH3 is 1. The molecule has 1 rings (SSSR count). The Morgan fingerprint density at radius 3 is 2.58 bits per heavy atom. The molecule has 108 valence electrons. The predicted octanol–water partition coefficient (Wildman–Crippen LogP) is 1.53. The first-order chi connectivity index (χ1) is 8.88. The summed E-state index contributed by atoms with van der Waals surface area (Å²) in [6.07, 6.45) is 0.952. The Morgan fingerprint density at radius 1 is 1.37 bits per heavy atom. The smallest absolute Gasteiger partial charge is 0.145 e. The molecular formula is C13H25N5O. The highest BCUT2D eigenvalue weighted by Gasteiger charge is 2.19. The van der Waals surface area contributed by atoms with Crippen LogP contribution in [-0.2, 0) is 10.2 Å². The van der Waals surface area contributed by atoms with Crippen LogP contribution in [0.2, 0.25) is 0 Å².